The van der Waals surface area contributed by atoms with E-state index in [9.17, 15) is 13.2 Å². The summed E-state index contributed by atoms with van der Waals surface area (Å²) < 4.78 is 33.8. The number of carbonyl (C=O) groups is 1. The fourth-order valence-corrected chi connectivity index (χ4v) is 5.57. The lowest BCUT2D eigenvalue weighted by atomic mass is 9.98. The summed E-state index contributed by atoms with van der Waals surface area (Å²) in [5, 5.41) is 3.67. The number of piperidine rings is 1. The lowest BCUT2D eigenvalue weighted by Gasteiger charge is -2.31. The number of pyridine rings is 1. The van der Waals surface area contributed by atoms with E-state index in [1.54, 1.807) is 36.5 Å². The molecule has 0 bridgehead atoms. The van der Waals surface area contributed by atoms with Crippen molar-refractivity contribution in [1.29, 1.82) is 0 Å². The molecule has 0 unspecified atom stereocenters. The average molecular weight is 440 g/mol. The first-order valence-corrected chi connectivity index (χ1v) is 11.8. The predicted molar refractivity (Wildman–Crippen MR) is 119 cm³/mol. The largest absolute Gasteiger partial charge is 0.492 e. The van der Waals surface area contributed by atoms with Gasteiger partial charge in [-0.1, -0.05) is 30.3 Å². The minimum absolute atomic E-state index is 0.133. The summed E-state index contributed by atoms with van der Waals surface area (Å²) in [4.78, 5) is 17.4. The molecule has 3 aromatic rings. The number of sulfonamides is 1. The number of aromatic nitrogens is 1. The van der Waals surface area contributed by atoms with Crippen LogP contribution in [0.2, 0.25) is 0 Å². The van der Waals surface area contributed by atoms with E-state index in [2.05, 4.69) is 10.3 Å². The number of nitrogens with one attached hydrogen (secondary N) is 1. The number of amides is 1. The van der Waals surface area contributed by atoms with E-state index >= 15 is 0 Å². The quantitative estimate of drug-likeness (QED) is 0.633. The Morgan fingerprint density at radius 1 is 1.16 bits per heavy atom. The highest BCUT2D eigenvalue weighted by Crippen LogP contribution is 2.29. The van der Waals surface area contributed by atoms with Crippen LogP contribution in [0.25, 0.3) is 10.9 Å². The van der Waals surface area contributed by atoms with Crippen molar-refractivity contribution in [1.82, 2.24) is 9.29 Å². The number of ether oxygens (including phenoxy) is 1. The molecule has 1 aromatic heterocycles. The number of carbonyl (C=O) groups excluding carboxylic acids is 1. The van der Waals surface area contributed by atoms with Crippen LogP contribution in [0.15, 0.2) is 65.7 Å². The van der Waals surface area contributed by atoms with Gasteiger partial charge in [-0.2, -0.15) is 4.31 Å². The van der Waals surface area contributed by atoms with Crippen molar-refractivity contribution in [2.45, 2.75) is 24.7 Å². The Labute approximate surface area is 182 Å². The SMILES string of the molecule is CCOc1ccccc1NC(=O)[C@H]1CCCN(S(=O)(=O)c2cccc3cccnc23)C1. The van der Waals surface area contributed by atoms with Crippen LogP contribution in [-0.2, 0) is 14.8 Å². The summed E-state index contributed by atoms with van der Waals surface area (Å²) in [5.41, 5.74) is 1.04. The van der Waals surface area contributed by atoms with E-state index in [-0.39, 0.29) is 17.3 Å². The maximum Gasteiger partial charge on any atom is 0.245 e. The Balaban J connectivity index is 1.55. The normalized spacial score (nSPS) is 17.4. The molecule has 1 aliphatic rings. The number of para-hydroxylation sites is 3. The molecular formula is C23H25N3O4S. The van der Waals surface area contributed by atoms with Crippen molar-refractivity contribution in [2.75, 3.05) is 25.0 Å². The fraction of sp³-hybridized carbons (Fsp3) is 0.304. The molecule has 1 aliphatic heterocycles. The second-order valence-electron chi connectivity index (χ2n) is 7.45. The predicted octanol–water partition coefficient (Wildman–Crippen LogP) is 3.67. The molecule has 0 saturated carbocycles. The zero-order valence-corrected chi connectivity index (χ0v) is 18.1. The number of hydrogen-bond donors (Lipinski definition) is 1. The van der Waals surface area contributed by atoms with Crippen LogP contribution in [0, 0.1) is 5.92 Å². The summed E-state index contributed by atoms with van der Waals surface area (Å²) in [5.74, 6) is -0.0512. The molecule has 2 aromatic carbocycles. The first kappa shape index (κ1) is 21.3. The Morgan fingerprint density at radius 2 is 1.97 bits per heavy atom. The molecule has 162 valence electrons. The second-order valence-corrected chi connectivity index (χ2v) is 9.36. The van der Waals surface area contributed by atoms with E-state index in [4.69, 9.17) is 4.74 Å². The van der Waals surface area contributed by atoms with E-state index < -0.39 is 15.9 Å². The maximum atomic E-state index is 13.4. The van der Waals surface area contributed by atoms with Gasteiger partial charge in [0.05, 0.1) is 23.7 Å². The molecule has 31 heavy (non-hydrogen) atoms. The Bertz CT molecular complexity index is 1190. The van der Waals surface area contributed by atoms with Crippen LogP contribution in [0.1, 0.15) is 19.8 Å². The third-order valence-electron chi connectivity index (χ3n) is 5.41. The van der Waals surface area contributed by atoms with Crippen molar-refractivity contribution in [3.63, 3.8) is 0 Å². The van der Waals surface area contributed by atoms with Gasteiger partial charge in [0.15, 0.2) is 0 Å². The van der Waals surface area contributed by atoms with Gasteiger partial charge in [-0.05, 0) is 44.0 Å². The monoisotopic (exact) mass is 439 g/mol. The zero-order valence-electron chi connectivity index (χ0n) is 17.3. The number of benzene rings is 2. The average Bonchev–Trinajstić information content (AvgIpc) is 2.80. The number of anilines is 1. The molecule has 1 amide bonds. The smallest absolute Gasteiger partial charge is 0.245 e. The lowest BCUT2D eigenvalue weighted by molar-refractivity contribution is -0.120. The molecule has 7 nitrogen and oxygen atoms in total. The van der Waals surface area contributed by atoms with Gasteiger partial charge in [0.1, 0.15) is 10.6 Å². The van der Waals surface area contributed by atoms with Crippen molar-refractivity contribution < 1.29 is 17.9 Å². The summed E-state index contributed by atoms with van der Waals surface area (Å²) >= 11 is 0. The third kappa shape index (κ3) is 4.40. The van der Waals surface area contributed by atoms with E-state index in [0.717, 1.165) is 5.39 Å². The molecule has 4 rings (SSSR count). The molecule has 8 heteroatoms. The van der Waals surface area contributed by atoms with E-state index in [1.807, 2.05) is 31.2 Å². The highest BCUT2D eigenvalue weighted by Gasteiger charge is 2.34. The van der Waals surface area contributed by atoms with Gasteiger partial charge in [-0.3, -0.25) is 9.78 Å². The van der Waals surface area contributed by atoms with Crippen LogP contribution in [0.3, 0.4) is 0 Å². The standard InChI is InChI=1S/C23H25N3O4S/c1-2-30-20-12-4-3-11-19(20)25-23(27)18-10-7-15-26(16-18)31(28,29)21-13-5-8-17-9-6-14-24-22(17)21/h3-6,8-9,11-14,18H,2,7,10,15-16H2,1H3,(H,25,27)/t18-/m0/s1. The van der Waals surface area contributed by atoms with Gasteiger partial charge in [-0.15, -0.1) is 0 Å². The third-order valence-corrected chi connectivity index (χ3v) is 7.31. The Morgan fingerprint density at radius 3 is 2.81 bits per heavy atom. The van der Waals surface area contributed by atoms with Gasteiger partial charge < -0.3 is 10.1 Å². The van der Waals surface area contributed by atoms with Crippen LogP contribution in [0.5, 0.6) is 5.75 Å². The molecule has 1 atom stereocenters. The molecule has 2 heterocycles. The first-order valence-electron chi connectivity index (χ1n) is 10.4. The van der Waals surface area contributed by atoms with E-state index in [1.165, 1.54) is 4.31 Å². The van der Waals surface area contributed by atoms with Crippen LogP contribution in [-0.4, -0.2) is 43.3 Å². The maximum absolute atomic E-state index is 13.4. The van der Waals surface area contributed by atoms with Crippen molar-refractivity contribution in [2.24, 2.45) is 5.92 Å². The highest BCUT2D eigenvalue weighted by molar-refractivity contribution is 7.89. The fourth-order valence-electron chi connectivity index (χ4n) is 3.88. The van der Waals surface area contributed by atoms with E-state index in [0.29, 0.717) is 42.9 Å². The van der Waals surface area contributed by atoms with Crippen molar-refractivity contribution >= 4 is 32.5 Å². The van der Waals surface area contributed by atoms with Gasteiger partial charge in [0, 0.05) is 24.7 Å². The molecule has 1 fully saturated rings. The summed E-state index contributed by atoms with van der Waals surface area (Å²) in [6.07, 6.45) is 2.83. The minimum Gasteiger partial charge on any atom is -0.492 e. The molecule has 0 spiro atoms. The van der Waals surface area contributed by atoms with Gasteiger partial charge in [0.2, 0.25) is 15.9 Å². The van der Waals surface area contributed by atoms with Gasteiger partial charge in [0.25, 0.3) is 0 Å². The highest BCUT2D eigenvalue weighted by atomic mass is 32.2. The summed E-state index contributed by atoms with van der Waals surface area (Å²) in [6.45, 7) is 2.88. The number of rotatable bonds is 6. The lowest BCUT2D eigenvalue weighted by Crippen LogP contribution is -2.43. The van der Waals surface area contributed by atoms with Crippen LogP contribution in [0.4, 0.5) is 5.69 Å². The van der Waals surface area contributed by atoms with Crippen molar-refractivity contribution in [3.05, 3.63) is 60.8 Å². The first-order chi connectivity index (χ1) is 15.0. The minimum atomic E-state index is -3.78. The number of hydrogen-bond acceptors (Lipinski definition) is 5. The Kier molecular flexibility index (Phi) is 6.20. The van der Waals surface area contributed by atoms with Gasteiger partial charge >= 0.3 is 0 Å². The van der Waals surface area contributed by atoms with Gasteiger partial charge in [-0.25, -0.2) is 8.42 Å². The molecule has 1 N–H and O–H groups in total. The molecular weight excluding hydrogens is 414 g/mol. The summed E-state index contributed by atoms with van der Waals surface area (Å²) in [6, 6.07) is 16.0. The number of nitrogens with zero attached hydrogens (tertiary/aromatic N) is 2. The van der Waals surface area contributed by atoms with Crippen LogP contribution >= 0.6 is 0 Å². The summed E-state index contributed by atoms with van der Waals surface area (Å²) in [7, 11) is -3.78. The second kappa shape index (κ2) is 9.03. The Hall–Kier alpha value is -2.97. The molecule has 0 radical (unpaired) electrons. The topological polar surface area (TPSA) is 88.6 Å². The molecule has 1 saturated heterocycles. The van der Waals surface area contributed by atoms with Crippen molar-refractivity contribution in [3.8, 4) is 5.75 Å². The number of fused-ring (bicyclic) bond motifs is 1. The zero-order chi connectivity index (χ0) is 21.8. The molecule has 0 aliphatic carbocycles. The van der Waals surface area contributed by atoms with Crippen LogP contribution < -0.4 is 10.1 Å².